The molecule has 3 nitrogen and oxygen atoms in total. The summed E-state index contributed by atoms with van der Waals surface area (Å²) in [7, 11) is 2.12. The smallest absolute Gasteiger partial charge is 0.145 e. The Bertz CT molecular complexity index is 428. The fraction of sp³-hybridized carbons (Fsp3) is 0.538. The number of halogens is 2. The van der Waals surface area contributed by atoms with Crippen molar-refractivity contribution in [2.45, 2.75) is 25.3 Å². The topological polar surface area (TPSA) is 38.5 Å². The Labute approximate surface area is 112 Å². The summed E-state index contributed by atoms with van der Waals surface area (Å²) in [6.45, 7) is 1.68. The normalized spacial score (nSPS) is 20.3. The summed E-state index contributed by atoms with van der Waals surface area (Å²) in [6, 6.07) is 3.19. The molecular weight excluding hydrogens is 255 g/mol. The van der Waals surface area contributed by atoms with Crippen LogP contribution in [0.15, 0.2) is 12.1 Å². The highest BCUT2D eigenvalue weighted by Gasteiger charge is 2.20. The van der Waals surface area contributed by atoms with Crippen molar-refractivity contribution in [2.24, 2.45) is 0 Å². The second-order valence-electron chi connectivity index (χ2n) is 4.72. The summed E-state index contributed by atoms with van der Waals surface area (Å²) in [6.07, 6.45) is 3.36. The number of anilines is 1. The van der Waals surface area contributed by atoms with E-state index in [1.54, 1.807) is 0 Å². The van der Waals surface area contributed by atoms with Gasteiger partial charge in [-0.1, -0.05) is 11.6 Å². The van der Waals surface area contributed by atoms with Crippen molar-refractivity contribution in [3.05, 3.63) is 23.0 Å². The molecule has 5 heteroatoms. The molecule has 1 aliphatic heterocycles. The van der Waals surface area contributed by atoms with Crippen molar-refractivity contribution >= 4 is 17.3 Å². The van der Waals surface area contributed by atoms with Crippen LogP contribution in [0.1, 0.15) is 19.3 Å². The van der Waals surface area contributed by atoms with Crippen LogP contribution in [-0.2, 0) is 0 Å². The monoisotopic (exact) mass is 272 g/mol. The van der Waals surface area contributed by atoms with E-state index in [9.17, 15) is 4.39 Å². The van der Waals surface area contributed by atoms with Gasteiger partial charge < -0.3 is 15.4 Å². The average Bonchev–Trinajstić information content (AvgIpc) is 2.72. The van der Waals surface area contributed by atoms with Crippen molar-refractivity contribution in [2.75, 3.05) is 25.9 Å². The third-order valence-electron chi connectivity index (χ3n) is 3.43. The first-order valence-electron chi connectivity index (χ1n) is 6.15. The highest BCUT2D eigenvalue weighted by molar-refractivity contribution is 6.31. The van der Waals surface area contributed by atoms with Crippen LogP contribution < -0.4 is 10.5 Å². The van der Waals surface area contributed by atoms with E-state index in [0.717, 1.165) is 13.0 Å². The van der Waals surface area contributed by atoms with E-state index < -0.39 is 5.82 Å². The van der Waals surface area contributed by atoms with E-state index in [4.69, 9.17) is 22.1 Å². The molecule has 1 heterocycles. The zero-order chi connectivity index (χ0) is 13.1. The number of nitrogens with zero attached hydrogens (tertiary/aromatic N) is 1. The van der Waals surface area contributed by atoms with Crippen LogP contribution >= 0.6 is 11.6 Å². The van der Waals surface area contributed by atoms with Gasteiger partial charge in [0.05, 0.1) is 17.3 Å². The number of likely N-dealkylation sites (tertiary alicyclic amines) is 1. The van der Waals surface area contributed by atoms with E-state index in [0.29, 0.717) is 24.1 Å². The number of hydrogen-bond acceptors (Lipinski definition) is 3. The number of rotatable bonds is 4. The zero-order valence-corrected chi connectivity index (χ0v) is 11.2. The van der Waals surface area contributed by atoms with Crippen LogP contribution in [0.4, 0.5) is 10.1 Å². The Morgan fingerprint density at radius 2 is 2.33 bits per heavy atom. The minimum atomic E-state index is -0.501. The summed E-state index contributed by atoms with van der Waals surface area (Å²) in [4.78, 5) is 2.33. The number of nitrogens with two attached hydrogens (primary N) is 1. The molecular formula is C13H18ClFN2O. The highest BCUT2D eigenvalue weighted by Crippen LogP contribution is 2.28. The van der Waals surface area contributed by atoms with Crippen LogP contribution in [0, 0.1) is 5.82 Å². The minimum Gasteiger partial charge on any atom is -0.491 e. The Hall–Kier alpha value is -1.00. The van der Waals surface area contributed by atoms with Gasteiger partial charge in [0.2, 0.25) is 0 Å². The first-order chi connectivity index (χ1) is 8.58. The molecule has 1 aromatic carbocycles. The molecule has 1 atom stereocenters. The molecule has 1 saturated heterocycles. The Morgan fingerprint density at radius 1 is 1.56 bits per heavy atom. The van der Waals surface area contributed by atoms with Crippen LogP contribution in [0.3, 0.4) is 0 Å². The van der Waals surface area contributed by atoms with Crippen molar-refractivity contribution < 1.29 is 9.13 Å². The van der Waals surface area contributed by atoms with Gasteiger partial charge in [-0.15, -0.1) is 0 Å². The van der Waals surface area contributed by atoms with Crippen LogP contribution in [-0.4, -0.2) is 31.1 Å². The molecule has 1 unspecified atom stereocenters. The maximum atomic E-state index is 13.3. The second kappa shape index (κ2) is 5.76. The van der Waals surface area contributed by atoms with Gasteiger partial charge in [0, 0.05) is 12.1 Å². The molecule has 100 valence electrons. The minimum absolute atomic E-state index is 0.0235. The van der Waals surface area contributed by atoms with Gasteiger partial charge in [-0.25, -0.2) is 4.39 Å². The molecule has 1 fully saturated rings. The second-order valence-corrected chi connectivity index (χ2v) is 5.13. The largest absolute Gasteiger partial charge is 0.491 e. The quantitative estimate of drug-likeness (QED) is 0.857. The molecule has 0 bridgehead atoms. The number of nitrogen functional groups attached to an aromatic ring is 1. The summed E-state index contributed by atoms with van der Waals surface area (Å²) in [5, 5.41) is 0.0235. The molecule has 2 N–H and O–H groups in total. The summed E-state index contributed by atoms with van der Waals surface area (Å²) >= 11 is 5.63. The fourth-order valence-corrected chi connectivity index (χ4v) is 2.49. The molecule has 0 spiro atoms. The van der Waals surface area contributed by atoms with Crippen molar-refractivity contribution in [1.29, 1.82) is 0 Å². The van der Waals surface area contributed by atoms with Gasteiger partial charge in [0.15, 0.2) is 0 Å². The van der Waals surface area contributed by atoms with E-state index in [1.165, 1.54) is 25.0 Å². The van der Waals surface area contributed by atoms with E-state index in [2.05, 4.69) is 11.9 Å². The predicted molar refractivity (Wildman–Crippen MR) is 71.6 cm³/mol. The van der Waals surface area contributed by atoms with Crippen molar-refractivity contribution in [1.82, 2.24) is 4.90 Å². The van der Waals surface area contributed by atoms with E-state index >= 15 is 0 Å². The SMILES string of the molecule is CN1CCCC1CCOc1cc(F)c(Cl)cc1N. The Morgan fingerprint density at radius 3 is 3.00 bits per heavy atom. The molecule has 18 heavy (non-hydrogen) atoms. The predicted octanol–water partition coefficient (Wildman–Crippen LogP) is 2.92. The van der Waals surface area contributed by atoms with E-state index in [1.807, 2.05) is 0 Å². The molecule has 0 saturated carbocycles. The lowest BCUT2D eigenvalue weighted by Crippen LogP contribution is -2.26. The summed E-state index contributed by atoms with van der Waals surface area (Å²) in [5.41, 5.74) is 6.10. The fourth-order valence-electron chi connectivity index (χ4n) is 2.32. The van der Waals surface area contributed by atoms with Crippen LogP contribution in [0.5, 0.6) is 5.75 Å². The summed E-state index contributed by atoms with van der Waals surface area (Å²) < 4.78 is 18.8. The molecule has 0 aromatic heterocycles. The maximum Gasteiger partial charge on any atom is 0.145 e. The molecule has 2 rings (SSSR count). The number of hydrogen-bond donors (Lipinski definition) is 1. The third kappa shape index (κ3) is 3.06. The number of benzene rings is 1. The maximum absolute atomic E-state index is 13.3. The lowest BCUT2D eigenvalue weighted by atomic mass is 10.1. The van der Waals surface area contributed by atoms with Crippen molar-refractivity contribution in [3.8, 4) is 5.75 Å². The van der Waals surface area contributed by atoms with Crippen LogP contribution in [0.2, 0.25) is 5.02 Å². The van der Waals surface area contributed by atoms with Gasteiger partial charge in [-0.05, 0) is 38.9 Å². The first-order valence-corrected chi connectivity index (χ1v) is 6.53. The number of ether oxygens (including phenoxy) is 1. The summed E-state index contributed by atoms with van der Waals surface area (Å²) in [5.74, 6) is -0.128. The van der Waals surface area contributed by atoms with Gasteiger partial charge in [-0.3, -0.25) is 0 Å². The van der Waals surface area contributed by atoms with Crippen molar-refractivity contribution in [3.63, 3.8) is 0 Å². The van der Waals surface area contributed by atoms with Crippen LogP contribution in [0.25, 0.3) is 0 Å². The molecule has 0 radical (unpaired) electrons. The molecule has 0 aliphatic carbocycles. The van der Waals surface area contributed by atoms with Gasteiger partial charge >= 0.3 is 0 Å². The Kier molecular flexibility index (Phi) is 4.30. The van der Waals surface area contributed by atoms with E-state index in [-0.39, 0.29) is 5.02 Å². The molecule has 0 amide bonds. The zero-order valence-electron chi connectivity index (χ0n) is 10.5. The molecule has 1 aliphatic rings. The highest BCUT2D eigenvalue weighted by atomic mass is 35.5. The first kappa shape index (κ1) is 13.4. The third-order valence-corrected chi connectivity index (χ3v) is 3.72. The Balaban J connectivity index is 1.88. The molecule has 1 aromatic rings. The lowest BCUT2D eigenvalue weighted by Gasteiger charge is -2.19. The average molecular weight is 273 g/mol. The lowest BCUT2D eigenvalue weighted by molar-refractivity contribution is 0.233. The van der Waals surface area contributed by atoms with Gasteiger partial charge in [-0.2, -0.15) is 0 Å². The standard InChI is InChI=1S/C13H18ClFN2O/c1-17-5-2-3-9(17)4-6-18-13-8-11(15)10(14)7-12(13)16/h7-9H,2-6,16H2,1H3. The van der Waals surface area contributed by atoms with Gasteiger partial charge in [0.25, 0.3) is 0 Å². The van der Waals surface area contributed by atoms with Gasteiger partial charge in [0.1, 0.15) is 11.6 Å².